The monoisotopic (exact) mass is 660 g/mol. The lowest BCUT2D eigenvalue weighted by Gasteiger charge is -2.45. The van der Waals surface area contributed by atoms with E-state index in [-0.39, 0.29) is 18.2 Å². The van der Waals surface area contributed by atoms with E-state index in [1.807, 2.05) is 18.2 Å². The highest BCUT2D eigenvalue weighted by molar-refractivity contribution is 9.11. The molecule has 0 aromatic heterocycles. The van der Waals surface area contributed by atoms with Crippen molar-refractivity contribution in [2.75, 3.05) is 13.1 Å². The van der Waals surface area contributed by atoms with Crippen LogP contribution in [0.25, 0.3) is 0 Å². The molecule has 38 heavy (non-hydrogen) atoms. The van der Waals surface area contributed by atoms with Gasteiger partial charge < -0.3 is 30.9 Å². The molecule has 2 aliphatic heterocycles. The number of benzene rings is 1. The Morgan fingerprint density at radius 1 is 1.05 bits per heavy atom. The number of rotatable bonds is 10. The van der Waals surface area contributed by atoms with Crippen LogP contribution in [0.15, 0.2) is 27.1 Å². The zero-order valence-corrected chi connectivity index (χ0v) is 25.1. The summed E-state index contributed by atoms with van der Waals surface area (Å²) < 4.78 is 1.63. The highest BCUT2D eigenvalue weighted by atomic mass is 79.9. The maximum atomic E-state index is 14.1. The van der Waals surface area contributed by atoms with Crippen molar-refractivity contribution in [1.29, 1.82) is 0 Å². The van der Waals surface area contributed by atoms with Gasteiger partial charge in [0.1, 0.15) is 18.3 Å². The summed E-state index contributed by atoms with van der Waals surface area (Å²) in [5.74, 6) is -2.04. The van der Waals surface area contributed by atoms with Crippen LogP contribution in [0.1, 0.15) is 52.0 Å². The Morgan fingerprint density at radius 3 is 2.24 bits per heavy atom. The van der Waals surface area contributed by atoms with Gasteiger partial charge in [0, 0.05) is 22.0 Å². The molecule has 2 aliphatic rings. The Morgan fingerprint density at radius 2 is 1.68 bits per heavy atom. The second-order valence-corrected chi connectivity index (χ2v) is 12.4. The van der Waals surface area contributed by atoms with Crippen molar-refractivity contribution >= 4 is 49.6 Å². The molecule has 1 unspecified atom stereocenters. The van der Waals surface area contributed by atoms with Crippen LogP contribution >= 0.6 is 31.9 Å². The van der Waals surface area contributed by atoms with Gasteiger partial charge in [0.25, 0.3) is 0 Å². The third kappa shape index (κ3) is 6.59. The van der Waals surface area contributed by atoms with Crippen LogP contribution in [0.4, 0.5) is 0 Å². The van der Waals surface area contributed by atoms with Gasteiger partial charge in [0.2, 0.25) is 17.7 Å². The molecule has 0 bridgehead atoms. The molecular formula is C26H38Br2N4O6. The molecule has 0 spiro atoms. The fourth-order valence-electron chi connectivity index (χ4n) is 5.58. The van der Waals surface area contributed by atoms with Crippen molar-refractivity contribution in [1.82, 2.24) is 15.1 Å². The number of nitrogens with two attached hydrogens (primary N) is 1. The van der Waals surface area contributed by atoms with E-state index in [4.69, 9.17) is 5.73 Å². The lowest BCUT2D eigenvalue weighted by Crippen LogP contribution is -2.67. The summed E-state index contributed by atoms with van der Waals surface area (Å²) in [5, 5.41) is 34.5. The van der Waals surface area contributed by atoms with E-state index in [1.165, 1.54) is 6.92 Å². The van der Waals surface area contributed by atoms with Crippen molar-refractivity contribution in [2.24, 2.45) is 11.7 Å². The Hall–Kier alpha value is -1.57. The molecule has 6 N–H and O–H groups in total. The summed E-state index contributed by atoms with van der Waals surface area (Å²) in [4.78, 5) is 42.4. The van der Waals surface area contributed by atoms with Crippen LogP contribution in [0.3, 0.4) is 0 Å². The number of carbonyl (C=O) groups excluding carboxylic acids is 3. The Labute approximate surface area is 240 Å². The zero-order chi connectivity index (χ0) is 28.4. The number of nitrogens with zero attached hydrogens (tertiary/aromatic N) is 2. The second kappa shape index (κ2) is 12.7. The lowest BCUT2D eigenvalue weighted by molar-refractivity contribution is -0.154. The third-order valence-electron chi connectivity index (χ3n) is 7.80. The van der Waals surface area contributed by atoms with Gasteiger partial charge in [-0.3, -0.25) is 19.7 Å². The summed E-state index contributed by atoms with van der Waals surface area (Å²) in [5.41, 5.74) is 5.15. The summed E-state index contributed by atoms with van der Waals surface area (Å²) in [6, 6.07) is 3.73. The minimum Gasteiger partial charge on any atom is -0.393 e. The standard InChI is InChI=1S/C26H38Br2N4O6/c1-14(15(2)33)23(36)31-8-4-6-20(31)24(37)32-9-5-7-26(32,13-17-10-18(27)12-19(28)11-17)25(38)30-21(16(3)34)22(29)35/h10-12,14-16,20-21,25,30,33-34,38H,4-9,13H2,1-3H3,(H2,29,35)/t14-,15+,16+,20-,21-,25?,26-/m0/s1. The molecule has 3 rings (SSSR count). The Kier molecular flexibility index (Phi) is 10.4. The smallest absolute Gasteiger partial charge is 0.245 e. The topological polar surface area (TPSA) is 156 Å². The maximum Gasteiger partial charge on any atom is 0.245 e. The van der Waals surface area contributed by atoms with Crippen LogP contribution in [-0.4, -0.2) is 92.0 Å². The Balaban J connectivity index is 2.00. The molecule has 10 nitrogen and oxygen atoms in total. The molecule has 7 atom stereocenters. The molecule has 0 aliphatic carbocycles. The van der Waals surface area contributed by atoms with Gasteiger partial charge in [-0.15, -0.1) is 0 Å². The molecule has 2 fully saturated rings. The number of likely N-dealkylation sites (tertiary alicyclic amines) is 2. The fraction of sp³-hybridized carbons (Fsp3) is 0.654. The van der Waals surface area contributed by atoms with E-state index >= 15 is 0 Å². The first kappa shape index (κ1) is 31.0. The van der Waals surface area contributed by atoms with Gasteiger partial charge >= 0.3 is 0 Å². The summed E-state index contributed by atoms with van der Waals surface area (Å²) >= 11 is 6.99. The first-order chi connectivity index (χ1) is 17.8. The van der Waals surface area contributed by atoms with E-state index in [1.54, 1.807) is 23.6 Å². The third-order valence-corrected chi connectivity index (χ3v) is 8.71. The van der Waals surface area contributed by atoms with Crippen molar-refractivity contribution in [3.63, 3.8) is 0 Å². The highest BCUT2D eigenvalue weighted by Crippen LogP contribution is 2.38. The van der Waals surface area contributed by atoms with Gasteiger partial charge in [-0.2, -0.15) is 0 Å². The van der Waals surface area contributed by atoms with Gasteiger partial charge in [-0.25, -0.2) is 0 Å². The maximum absolute atomic E-state index is 14.1. The predicted octanol–water partition coefficient (Wildman–Crippen LogP) is 1.27. The molecule has 3 amide bonds. The normalized spacial score (nSPS) is 25.6. The van der Waals surface area contributed by atoms with E-state index in [0.717, 1.165) is 14.5 Å². The van der Waals surface area contributed by atoms with Crippen LogP contribution in [0.2, 0.25) is 0 Å². The van der Waals surface area contributed by atoms with Crippen LogP contribution < -0.4 is 11.1 Å². The molecule has 212 valence electrons. The highest BCUT2D eigenvalue weighted by Gasteiger charge is 2.52. The predicted molar refractivity (Wildman–Crippen MR) is 149 cm³/mol. The summed E-state index contributed by atoms with van der Waals surface area (Å²) in [6.07, 6.45) is -1.02. The largest absolute Gasteiger partial charge is 0.393 e. The minimum atomic E-state index is -1.40. The van der Waals surface area contributed by atoms with Gasteiger partial charge in [0.05, 0.1) is 23.7 Å². The van der Waals surface area contributed by atoms with Crippen molar-refractivity contribution in [2.45, 2.75) is 88.9 Å². The Bertz CT molecular complexity index is 1020. The lowest BCUT2D eigenvalue weighted by atomic mass is 9.85. The molecule has 0 radical (unpaired) electrons. The molecular weight excluding hydrogens is 624 g/mol. The molecule has 0 saturated carbocycles. The number of halogens is 2. The van der Waals surface area contributed by atoms with Crippen LogP contribution in [0.5, 0.6) is 0 Å². The number of aliphatic hydroxyl groups is 3. The number of amides is 3. The first-order valence-electron chi connectivity index (χ1n) is 12.9. The van der Waals surface area contributed by atoms with Crippen molar-refractivity contribution < 1.29 is 29.7 Å². The number of hydrogen-bond acceptors (Lipinski definition) is 7. The van der Waals surface area contributed by atoms with E-state index < -0.39 is 47.9 Å². The van der Waals surface area contributed by atoms with Gasteiger partial charge in [-0.1, -0.05) is 38.8 Å². The summed E-state index contributed by atoms with van der Waals surface area (Å²) in [7, 11) is 0. The zero-order valence-electron chi connectivity index (χ0n) is 21.9. The van der Waals surface area contributed by atoms with E-state index in [9.17, 15) is 29.7 Å². The quantitative estimate of drug-likeness (QED) is 0.237. The molecule has 1 aromatic rings. The number of carbonyl (C=O) groups is 3. The van der Waals surface area contributed by atoms with Crippen molar-refractivity contribution in [3.8, 4) is 0 Å². The molecule has 1 aromatic carbocycles. The first-order valence-corrected chi connectivity index (χ1v) is 14.5. The van der Waals surface area contributed by atoms with E-state index in [0.29, 0.717) is 38.8 Å². The van der Waals surface area contributed by atoms with Crippen molar-refractivity contribution in [3.05, 3.63) is 32.7 Å². The number of hydrogen-bond donors (Lipinski definition) is 5. The molecule has 2 heterocycles. The summed E-state index contributed by atoms with van der Waals surface area (Å²) in [6.45, 7) is 5.36. The average Bonchev–Trinajstić information content (AvgIpc) is 3.48. The number of aliphatic hydroxyl groups excluding tert-OH is 3. The number of nitrogens with one attached hydrogen (secondary N) is 1. The average molecular weight is 662 g/mol. The molecule has 12 heteroatoms. The van der Waals surface area contributed by atoms with Crippen LogP contribution in [0, 0.1) is 5.92 Å². The van der Waals surface area contributed by atoms with Gasteiger partial charge in [-0.05, 0) is 69.7 Å². The minimum absolute atomic E-state index is 0.251. The molecule has 2 saturated heterocycles. The SMILES string of the molecule is C[C@H](C(=O)N1CCC[C@H]1C(=O)N1CCC[C@]1(Cc1cc(Br)cc(Br)c1)C(O)N[C@H](C(N)=O)[C@@H](C)O)[C@@H](C)O. The van der Waals surface area contributed by atoms with E-state index in [2.05, 4.69) is 37.2 Å². The van der Waals surface area contributed by atoms with Crippen LogP contribution in [-0.2, 0) is 20.8 Å². The second-order valence-electron chi connectivity index (χ2n) is 10.6. The number of primary amides is 1. The van der Waals surface area contributed by atoms with Gasteiger partial charge in [0.15, 0.2) is 0 Å². The fourth-order valence-corrected chi connectivity index (χ4v) is 6.97.